The van der Waals surface area contributed by atoms with E-state index in [-0.39, 0.29) is 0 Å². The van der Waals surface area contributed by atoms with Gasteiger partial charge in [0.05, 0.1) is 5.41 Å². The van der Waals surface area contributed by atoms with Gasteiger partial charge in [-0.05, 0) is 41.3 Å². The molecule has 0 heterocycles. The van der Waals surface area contributed by atoms with Gasteiger partial charge in [-0.2, -0.15) is 0 Å². The summed E-state index contributed by atoms with van der Waals surface area (Å²) in [5.41, 5.74) is 0.257. The maximum atomic E-state index is 11.4. The molecule has 0 bridgehead atoms. The van der Waals surface area contributed by atoms with E-state index in [2.05, 4.69) is 0 Å². The first-order chi connectivity index (χ1) is 8.13. The van der Waals surface area contributed by atoms with E-state index in [9.17, 15) is 9.90 Å². The number of carboxylic acids is 1. The van der Waals surface area contributed by atoms with Gasteiger partial charge in [-0.25, -0.2) is 0 Å². The third-order valence-electron chi connectivity index (χ3n) is 3.52. The van der Waals surface area contributed by atoms with Crippen LogP contribution in [0.4, 0.5) is 0 Å². The van der Waals surface area contributed by atoms with Gasteiger partial charge in [0.25, 0.3) is 0 Å². The van der Waals surface area contributed by atoms with Crippen LogP contribution < -0.4 is 0 Å². The molecule has 1 aliphatic rings. The summed E-state index contributed by atoms with van der Waals surface area (Å²) < 4.78 is 0. The molecule has 3 heteroatoms. The van der Waals surface area contributed by atoms with Gasteiger partial charge in [0.15, 0.2) is 0 Å². The van der Waals surface area contributed by atoms with Crippen molar-refractivity contribution in [1.82, 2.24) is 0 Å². The number of aliphatic carboxylic acids is 1. The van der Waals surface area contributed by atoms with Gasteiger partial charge >= 0.3 is 5.97 Å². The molecule has 0 atom stereocenters. The summed E-state index contributed by atoms with van der Waals surface area (Å²) in [6.07, 6.45) is 1.45. The minimum atomic E-state index is -0.722. The second-order valence-corrected chi connectivity index (χ2v) is 4.99. The first kappa shape index (κ1) is 10.6. The molecule has 17 heavy (non-hydrogen) atoms. The van der Waals surface area contributed by atoms with Crippen molar-refractivity contribution in [3.63, 3.8) is 0 Å². The normalized spacial score (nSPS) is 17.0. The molecule has 1 saturated carbocycles. The standard InChI is InChI=1S/C14H11ClO2/c15-10-4-5-11-9(8-10)2-1-3-12(11)14(6-7-14)13(16)17/h1-5,8H,6-7H2,(H,16,17). The SMILES string of the molecule is O=C(O)C1(c2cccc3cc(Cl)ccc23)CC1. The Kier molecular flexibility index (Phi) is 2.17. The van der Waals surface area contributed by atoms with Gasteiger partial charge in [-0.3, -0.25) is 4.79 Å². The lowest BCUT2D eigenvalue weighted by atomic mass is 9.91. The molecule has 2 nitrogen and oxygen atoms in total. The molecular weight excluding hydrogens is 236 g/mol. The number of hydrogen-bond donors (Lipinski definition) is 1. The Morgan fingerprint density at radius 1 is 1.24 bits per heavy atom. The van der Waals surface area contributed by atoms with Crippen molar-refractivity contribution in [2.75, 3.05) is 0 Å². The van der Waals surface area contributed by atoms with Crippen molar-refractivity contribution < 1.29 is 9.90 Å². The lowest BCUT2D eigenvalue weighted by Crippen LogP contribution is -2.19. The van der Waals surface area contributed by atoms with E-state index < -0.39 is 11.4 Å². The summed E-state index contributed by atoms with van der Waals surface area (Å²) in [6.45, 7) is 0. The molecule has 0 amide bonds. The van der Waals surface area contributed by atoms with Gasteiger partial charge in [0.1, 0.15) is 0 Å². The molecule has 1 fully saturated rings. The van der Waals surface area contributed by atoms with Crippen LogP contribution in [-0.2, 0) is 10.2 Å². The minimum absolute atomic E-state index is 0.659. The predicted octanol–water partition coefficient (Wildman–Crippen LogP) is 3.61. The fraction of sp³-hybridized carbons (Fsp3) is 0.214. The molecule has 0 aromatic heterocycles. The second kappa shape index (κ2) is 3.47. The highest BCUT2D eigenvalue weighted by Crippen LogP contribution is 2.50. The Morgan fingerprint density at radius 3 is 2.65 bits per heavy atom. The maximum Gasteiger partial charge on any atom is 0.314 e. The van der Waals surface area contributed by atoms with Crippen molar-refractivity contribution in [2.45, 2.75) is 18.3 Å². The van der Waals surface area contributed by atoms with E-state index in [1.165, 1.54) is 0 Å². The van der Waals surface area contributed by atoms with Crippen molar-refractivity contribution in [2.24, 2.45) is 0 Å². The van der Waals surface area contributed by atoms with E-state index in [0.29, 0.717) is 5.02 Å². The summed E-state index contributed by atoms with van der Waals surface area (Å²) >= 11 is 5.95. The van der Waals surface area contributed by atoms with Crippen LogP contribution in [0.3, 0.4) is 0 Å². The van der Waals surface area contributed by atoms with Crippen LogP contribution in [0, 0.1) is 0 Å². The largest absolute Gasteiger partial charge is 0.481 e. The lowest BCUT2D eigenvalue weighted by molar-refractivity contribution is -0.139. The highest BCUT2D eigenvalue weighted by atomic mass is 35.5. The number of benzene rings is 2. The van der Waals surface area contributed by atoms with Crippen LogP contribution in [0.2, 0.25) is 5.02 Å². The van der Waals surface area contributed by atoms with Crippen LogP contribution in [0.25, 0.3) is 10.8 Å². The molecule has 2 aromatic rings. The average molecular weight is 247 g/mol. The Morgan fingerprint density at radius 2 is 2.00 bits per heavy atom. The molecule has 2 aromatic carbocycles. The molecule has 86 valence electrons. The number of rotatable bonds is 2. The molecule has 0 radical (unpaired) electrons. The summed E-state index contributed by atoms with van der Waals surface area (Å²) in [5.74, 6) is -0.722. The fourth-order valence-electron chi connectivity index (χ4n) is 2.40. The smallest absolute Gasteiger partial charge is 0.314 e. The van der Waals surface area contributed by atoms with Crippen LogP contribution in [-0.4, -0.2) is 11.1 Å². The predicted molar refractivity (Wildman–Crippen MR) is 67.5 cm³/mol. The van der Waals surface area contributed by atoms with E-state index in [0.717, 1.165) is 29.2 Å². The van der Waals surface area contributed by atoms with E-state index in [4.69, 9.17) is 11.6 Å². The van der Waals surface area contributed by atoms with Gasteiger partial charge in [-0.1, -0.05) is 35.9 Å². The minimum Gasteiger partial charge on any atom is -0.481 e. The zero-order valence-electron chi connectivity index (χ0n) is 9.11. The van der Waals surface area contributed by atoms with Crippen LogP contribution in [0.5, 0.6) is 0 Å². The Balaban J connectivity index is 2.28. The third kappa shape index (κ3) is 1.52. The van der Waals surface area contributed by atoms with Crippen molar-refractivity contribution >= 4 is 28.3 Å². The zero-order valence-corrected chi connectivity index (χ0v) is 9.87. The molecule has 0 saturated heterocycles. The Bertz CT molecular complexity index is 615. The molecule has 1 N–H and O–H groups in total. The van der Waals surface area contributed by atoms with Crippen molar-refractivity contribution in [3.05, 3.63) is 47.0 Å². The fourth-order valence-corrected chi connectivity index (χ4v) is 2.58. The van der Waals surface area contributed by atoms with Gasteiger partial charge in [0, 0.05) is 5.02 Å². The number of halogens is 1. The molecule has 1 aliphatic carbocycles. The Labute approximate surface area is 104 Å². The second-order valence-electron chi connectivity index (χ2n) is 4.56. The third-order valence-corrected chi connectivity index (χ3v) is 3.75. The van der Waals surface area contributed by atoms with Gasteiger partial charge < -0.3 is 5.11 Å². The highest BCUT2D eigenvalue weighted by Gasteiger charge is 2.52. The van der Waals surface area contributed by atoms with Crippen molar-refractivity contribution in [1.29, 1.82) is 0 Å². The molecule has 0 aliphatic heterocycles. The molecule has 3 rings (SSSR count). The molecule has 0 spiro atoms. The monoisotopic (exact) mass is 246 g/mol. The number of carboxylic acid groups (broad SMARTS) is 1. The summed E-state index contributed by atoms with van der Waals surface area (Å²) in [7, 11) is 0. The quantitative estimate of drug-likeness (QED) is 0.879. The topological polar surface area (TPSA) is 37.3 Å². The van der Waals surface area contributed by atoms with Crippen molar-refractivity contribution in [3.8, 4) is 0 Å². The highest BCUT2D eigenvalue weighted by molar-refractivity contribution is 6.31. The summed E-state index contributed by atoms with van der Waals surface area (Å²) in [6, 6.07) is 11.4. The van der Waals surface area contributed by atoms with E-state index in [1.807, 2.05) is 36.4 Å². The molecular formula is C14H11ClO2. The van der Waals surface area contributed by atoms with Crippen LogP contribution in [0.15, 0.2) is 36.4 Å². The summed E-state index contributed by atoms with van der Waals surface area (Å²) in [4.78, 5) is 11.4. The lowest BCUT2D eigenvalue weighted by Gasteiger charge is -2.13. The van der Waals surface area contributed by atoms with E-state index >= 15 is 0 Å². The average Bonchev–Trinajstić information content (AvgIpc) is 3.09. The first-order valence-corrected chi connectivity index (χ1v) is 5.93. The van der Waals surface area contributed by atoms with Crippen LogP contribution in [0.1, 0.15) is 18.4 Å². The number of fused-ring (bicyclic) bond motifs is 1. The van der Waals surface area contributed by atoms with Gasteiger partial charge in [0.2, 0.25) is 0 Å². The maximum absolute atomic E-state index is 11.4. The number of hydrogen-bond acceptors (Lipinski definition) is 1. The number of carbonyl (C=O) groups is 1. The molecule has 0 unspecified atom stereocenters. The van der Waals surface area contributed by atoms with Crippen LogP contribution >= 0.6 is 11.6 Å². The van der Waals surface area contributed by atoms with E-state index in [1.54, 1.807) is 0 Å². The first-order valence-electron chi connectivity index (χ1n) is 5.56. The zero-order chi connectivity index (χ0) is 12.0. The Hall–Kier alpha value is -1.54. The summed E-state index contributed by atoms with van der Waals surface area (Å²) in [5, 5.41) is 12.0. The van der Waals surface area contributed by atoms with Gasteiger partial charge in [-0.15, -0.1) is 0 Å².